The molecule has 7 nitrogen and oxygen atoms in total. The molecule has 0 spiro atoms. The van der Waals surface area contributed by atoms with Gasteiger partial charge < -0.3 is 4.57 Å². The van der Waals surface area contributed by atoms with E-state index in [1.807, 2.05) is 42.7 Å². The molecule has 1 aromatic heterocycles. The van der Waals surface area contributed by atoms with Crippen molar-refractivity contribution >= 4 is 39.4 Å². The lowest BCUT2D eigenvalue weighted by Gasteiger charge is -2.23. The number of halogens is 2. The Morgan fingerprint density at radius 2 is 1.68 bits per heavy atom. The smallest absolute Gasteiger partial charge is 0.264 e. The summed E-state index contributed by atoms with van der Waals surface area (Å²) in [7, 11) is -4.10. The molecule has 1 heterocycles. The van der Waals surface area contributed by atoms with Gasteiger partial charge in [-0.05, 0) is 68.4 Å². The molecule has 1 N–H and O–H groups in total. The van der Waals surface area contributed by atoms with Crippen LogP contribution in [0.25, 0.3) is 5.69 Å². The molecule has 0 saturated heterocycles. The van der Waals surface area contributed by atoms with E-state index in [4.69, 9.17) is 11.6 Å². The minimum atomic E-state index is -4.10. The summed E-state index contributed by atoms with van der Waals surface area (Å²) in [5.74, 6) is -1.19. The van der Waals surface area contributed by atoms with Gasteiger partial charge in [0.2, 0.25) is 0 Å². The van der Waals surface area contributed by atoms with Crippen molar-refractivity contribution in [3.63, 3.8) is 0 Å². The molecule has 10 heteroatoms. The molecular weight excluding hydrogens is 515 g/mol. The Morgan fingerprint density at radius 3 is 2.35 bits per heavy atom. The van der Waals surface area contributed by atoms with E-state index in [-0.39, 0.29) is 10.6 Å². The fraction of sp³-hybridized carbons (Fsp3) is 0.111. The molecule has 4 aromatic rings. The van der Waals surface area contributed by atoms with Crippen molar-refractivity contribution in [3.05, 3.63) is 113 Å². The number of anilines is 1. The summed E-state index contributed by atoms with van der Waals surface area (Å²) in [6.07, 6.45) is 1.49. The second kappa shape index (κ2) is 11.0. The molecule has 37 heavy (non-hydrogen) atoms. The highest BCUT2D eigenvalue weighted by Gasteiger charge is 2.27. The first-order valence-electron chi connectivity index (χ1n) is 11.3. The van der Waals surface area contributed by atoms with Crippen molar-refractivity contribution in [3.8, 4) is 5.69 Å². The fourth-order valence-electron chi connectivity index (χ4n) is 3.90. The highest BCUT2D eigenvalue weighted by atomic mass is 35.5. The van der Waals surface area contributed by atoms with Gasteiger partial charge in [0.05, 0.1) is 27.5 Å². The maximum absolute atomic E-state index is 13.5. The van der Waals surface area contributed by atoms with Crippen LogP contribution in [-0.2, 0) is 14.8 Å². The quantitative estimate of drug-likeness (QED) is 0.246. The number of benzene rings is 3. The number of hydrogen-bond donors (Lipinski definition) is 1. The van der Waals surface area contributed by atoms with Crippen LogP contribution in [0.1, 0.15) is 17.0 Å². The topological polar surface area (TPSA) is 83.8 Å². The van der Waals surface area contributed by atoms with Crippen LogP contribution in [0.5, 0.6) is 0 Å². The maximum atomic E-state index is 13.5. The Hall–Kier alpha value is -3.95. The van der Waals surface area contributed by atoms with E-state index in [0.717, 1.165) is 39.1 Å². The number of amides is 1. The predicted molar refractivity (Wildman–Crippen MR) is 143 cm³/mol. The number of carbonyl (C=O) groups excluding carboxylic acids is 1. The summed E-state index contributed by atoms with van der Waals surface area (Å²) in [5, 5.41) is 4.63. The molecule has 0 aliphatic rings. The molecule has 0 bridgehead atoms. The number of sulfonamides is 1. The van der Waals surface area contributed by atoms with Crippen LogP contribution in [0.2, 0.25) is 5.02 Å². The van der Waals surface area contributed by atoms with Gasteiger partial charge in [0.1, 0.15) is 12.4 Å². The summed E-state index contributed by atoms with van der Waals surface area (Å²) in [6, 6.07) is 21.9. The van der Waals surface area contributed by atoms with Crippen molar-refractivity contribution in [1.82, 2.24) is 9.99 Å². The zero-order chi connectivity index (χ0) is 26.6. The number of aromatic nitrogens is 1. The molecule has 0 aliphatic heterocycles. The molecule has 190 valence electrons. The molecule has 0 atom stereocenters. The molecule has 3 aromatic carbocycles. The minimum absolute atomic E-state index is 0.00244. The van der Waals surface area contributed by atoms with E-state index >= 15 is 0 Å². The van der Waals surface area contributed by atoms with E-state index < -0.39 is 28.3 Å². The van der Waals surface area contributed by atoms with Crippen LogP contribution in [0.4, 0.5) is 10.1 Å². The summed E-state index contributed by atoms with van der Waals surface area (Å²) < 4.78 is 43.0. The van der Waals surface area contributed by atoms with Crippen LogP contribution in [0.3, 0.4) is 0 Å². The van der Waals surface area contributed by atoms with E-state index in [2.05, 4.69) is 10.5 Å². The third kappa shape index (κ3) is 5.73. The molecule has 4 rings (SSSR count). The number of nitrogens with one attached hydrogen (secondary N) is 1. The van der Waals surface area contributed by atoms with Crippen molar-refractivity contribution < 1.29 is 17.6 Å². The second-order valence-corrected chi connectivity index (χ2v) is 10.5. The standard InChI is InChI=1S/C27H24ClFN4O3S/c1-19-16-21(20(2)33(19)26-11-7-6-10-25(26)28)17-30-31-27(34)18-32(23-14-12-22(29)13-15-23)37(35,36)24-8-4-3-5-9-24/h3-17H,18H2,1-2H3,(H,31,34)/b30-17+. The van der Waals surface area contributed by atoms with Gasteiger partial charge in [0.15, 0.2) is 0 Å². The number of para-hydroxylation sites is 1. The first kappa shape index (κ1) is 26.1. The largest absolute Gasteiger partial charge is 0.316 e. The van der Waals surface area contributed by atoms with Crippen LogP contribution >= 0.6 is 11.6 Å². The molecule has 0 unspecified atom stereocenters. The molecule has 0 aliphatic carbocycles. The van der Waals surface area contributed by atoms with Gasteiger partial charge in [-0.15, -0.1) is 0 Å². The van der Waals surface area contributed by atoms with Crippen molar-refractivity contribution in [2.45, 2.75) is 18.7 Å². The minimum Gasteiger partial charge on any atom is -0.316 e. The van der Waals surface area contributed by atoms with Gasteiger partial charge in [-0.2, -0.15) is 5.10 Å². The number of rotatable bonds is 8. The van der Waals surface area contributed by atoms with Gasteiger partial charge in [0.25, 0.3) is 15.9 Å². The van der Waals surface area contributed by atoms with E-state index in [0.29, 0.717) is 5.02 Å². The monoisotopic (exact) mass is 538 g/mol. The van der Waals surface area contributed by atoms with Gasteiger partial charge in [0, 0.05) is 17.0 Å². The zero-order valence-electron chi connectivity index (χ0n) is 20.1. The third-order valence-electron chi connectivity index (χ3n) is 5.69. The Kier molecular flexibility index (Phi) is 7.75. The number of hydrazone groups is 1. The summed E-state index contributed by atoms with van der Waals surface area (Å²) in [4.78, 5) is 12.8. The first-order valence-corrected chi connectivity index (χ1v) is 13.1. The Bertz CT molecular complexity index is 1550. The molecule has 1 amide bonds. The van der Waals surface area contributed by atoms with Crippen LogP contribution in [-0.4, -0.2) is 31.7 Å². The first-order chi connectivity index (χ1) is 17.7. The Labute approximate surface area is 219 Å². The molecular formula is C27H24ClFN4O3S. The van der Waals surface area contributed by atoms with Crippen LogP contribution in [0, 0.1) is 19.7 Å². The molecule has 0 saturated carbocycles. The summed E-state index contributed by atoms with van der Waals surface area (Å²) in [6.45, 7) is 3.28. The lowest BCUT2D eigenvalue weighted by molar-refractivity contribution is -0.119. The third-order valence-corrected chi connectivity index (χ3v) is 7.80. The number of nitrogens with zero attached hydrogens (tertiary/aromatic N) is 3. The Morgan fingerprint density at radius 1 is 1.03 bits per heavy atom. The van der Waals surface area contributed by atoms with Crippen molar-refractivity contribution in [2.75, 3.05) is 10.8 Å². The highest BCUT2D eigenvalue weighted by Crippen LogP contribution is 2.26. The number of carbonyl (C=O) groups is 1. The summed E-state index contributed by atoms with van der Waals surface area (Å²) >= 11 is 6.36. The van der Waals surface area contributed by atoms with Crippen molar-refractivity contribution in [1.29, 1.82) is 0 Å². The van der Waals surface area contributed by atoms with E-state index in [1.165, 1.54) is 30.5 Å². The van der Waals surface area contributed by atoms with Gasteiger partial charge in [-0.1, -0.05) is 41.9 Å². The predicted octanol–water partition coefficient (Wildman–Crippen LogP) is 5.23. The van der Waals surface area contributed by atoms with Crippen LogP contribution in [0.15, 0.2) is 94.9 Å². The van der Waals surface area contributed by atoms with Gasteiger partial charge in [-0.3, -0.25) is 9.10 Å². The second-order valence-electron chi connectivity index (χ2n) is 8.21. The number of aryl methyl sites for hydroxylation is 1. The average molecular weight is 539 g/mol. The maximum Gasteiger partial charge on any atom is 0.264 e. The highest BCUT2D eigenvalue weighted by molar-refractivity contribution is 7.92. The number of hydrogen-bond acceptors (Lipinski definition) is 4. The lowest BCUT2D eigenvalue weighted by atomic mass is 10.2. The van der Waals surface area contributed by atoms with Gasteiger partial charge >= 0.3 is 0 Å². The zero-order valence-corrected chi connectivity index (χ0v) is 21.7. The van der Waals surface area contributed by atoms with Gasteiger partial charge in [-0.25, -0.2) is 18.2 Å². The lowest BCUT2D eigenvalue weighted by Crippen LogP contribution is -2.39. The normalized spacial score (nSPS) is 11.6. The Balaban J connectivity index is 1.55. The SMILES string of the molecule is Cc1cc(/C=N/NC(=O)CN(c2ccc(F)cc2)S(=O)(=O)c2ccccc2)c(C)n1-c1ccccc1Cl. The summed E-state index contributed by atoms with van der Waals surface area (Å²) in [5.41, 5.74) is 5.90. The van der Waals surface area contributed by atoms with E-state index in [9.17, 15) is 17.6 Å². The van der Waals surface area contributed by atoms with Crippen molar-refractivity contribution in [2.24, 2.45) is 5.10 Å². The average Bonchev–Trinajstić information content (AvgIpc) is 3.16. The fourth-order valence-corrected chi connectivity index (χ4v) is 5.57. The van der Waals surface area contributed by atoms with E-state index in [1.54, 1.807) is 24.3 Å². The molecule has 0 radical (unpaired) electrons. The van der Waals surface area contributed by atoms with Crippen LogP contribution < -0.4 is 9.73 Å². The molecule has 0 fully saturated rings.